The number of benzene rings is 4. The summed E-state index contributed by atoms with van der Waals surface area (Å²) in [5, 5.41) is 0. The molecule has 0 heterocycles. The van der Waals surface area contributed by atoms with Crippen LogP contribution in [0.2, 0.25) is 0 Å². The minimum atomic E-state index is -1.08. The van der Waals surface area contributed by atoms with Crippen molar-refractivity contribution in [3.63, 3.8) is 0 Å². The fourth-order valence-corrected chi connectivity index (χ4v) is 4.51. The van der Waals surface area contributed by atoms with Crippen LogP contribution < -0.4 is 0 Å². The Bertz CT molecular complexity index is 1490. The van der Waals surface area contributed by atoms with Crippen molar-refractivity contribution >= 4 is 23.9 Å². The van der Waals surface area contributed by atoms with E-state index in [1.807, 2.05) is 121 Å². The second-order valence-corrected chi connectivity index (χ2v) is 11.3. The van der Waals surface area contributed by atoms with Gasteiger partial charge in [0.05, 0.1) is 13.2 Å². The molecule has 0 aliphatic heterocycles. The number of carbonyl (C=O) groups is 4. The monoisotopic (exact) mass is 714 g/mol. The molecule has 0 N–H and O–H groups in total. The van der Waals surface area contributed by atoms with Crippen LogP contribution in [0, 0.1) is 0 Å². The highest BCUT2D eigenvalue weighted by Gasteiger charge is 2.27. The molecule has 2 atom stereocenters. The number of ether oxygens (including phenoxy) is 8. The first kappa shape index (κ1) is 39.4. The highest BCUT2D eigenvalue weighted by Crippen LogP contribution is 2.11. The van der Waals surface area contributed by atoms with Crippen molar-refractivity contribution in [3.05, 3.63) is 144 Å². The third-order valence-electron chi connectivity index (χ3n) is 7.22. The van der Waals surface area contributed by atoms with Crippen molar-refractivity contribution in [3.8, 4) is 0 Å². The molecule has 12 heteroatoms. The van der Waals surface area contributed by atoms with Gasteiger partial charge in [-0.25, -0.2) is 19.2 Å². The Balaban J connectivity index is 1.36. The zero-order chi connectivity index (χ0) is 36.6. The Morgan fingerprint density at radius 2 is 0.615 bits per heavy atom. The number of hydrogen-bond acceptors (Lipinski definition) is 12. The van der Waals surface area contributed by atoms with Gasteiger partial charge in [0.25, 0.3) is 0 Å². The summed E-state index contributed by atoms with van der Waals surface area (Å²) in [6.45, 7) is -2.31. The van der Waals surface area contributed by atoms with Crippen LogP contribution in [0.1, 0.15) is 22.3 Å². The summed E-state index contributed by atoms with van der Waals surface area (Å²) in [5.74, 6) is -2.63. The fraction of sp³-hybridized carbons (Fsp3) is 0.300. The molecule has 0 spiro atoms. The van der Waals surface area contributed by atoms with Crippen LogP contribution in [0.25, 0.3) is 0 Å². The van der Waals surface area contributed by atoms with Gasteiger partial charge in [0.1, 0.15) is 65.1 Å². The predicted molar refractivity (Wildman–Crippen MR) is 186 cm³/mol. The molecule has 2 unspecified atom stereocenters. The van der Waals surface area contributed by atoms with E-state index in [4.69, 9.17) is 37.9 Å². The molecular formula is C40H42O12. The van der Waals surface area contributed by atoms with Crippen LogP contribution in [-0.2, 0) is 83.5 Å². The van der Waals surface area contributed by atoms with Gasteiger partial charge in [-0.1, -0.05) is 121 Å². The molecule has 0 saturated carbocycles. The lowest BCUT2D eigenvalue weighted by Gasteiger charge is -2.27. The van der Waals surface area contributed by atoms with Gasteiger partial charge in [-0.2, -0.15) is 0 Å². The lowest BCUT2D eigenvalue weighted by atomic mass is 10.2. The summed E-state index contributed by atoms with van der Waals surface area (Å²) >= 11 is 0. The molecule has 0 aromatic heterocycles. The maximum atomic E-state index is 12.7. The van der Waals surface area contributed by atoms with Gasteiger partial charge >= 0.3 is 23.9 Å². The van der Waals surface area contributed by atoms with Crippen molar-refractivity contribution < 1.29 is 57.1 Å². The van der Waals surface area contributed by atoms with E-state index in [-0.39, 0.29) is 39.6 Å². The molecule has 12 nitrogen and oxygen atoms in total. The predicted octanol–water partition coefficient (Wildman–Crippen LogP) is 4.76. The van der Waals surface area contributed by atoms with Crippen molar-refractivity contribution in [2.24, 2.45) is 0 Å². The molecule has 0 aliphatic rings. The van der Waals surface area contributed by atoms with E-state index in [9.17, 15) is 19.2 Å². The Kier molecular flexibility index (Phi) is 17.5. The zero-order valence-corrected chi connectivity index (χ0v) is 28.7. The van der Waals surface area contributed by atoms with E-state index in [1.54, 1.807) is 0 Å². The third-order valence-corrected chi connectivity index (χ3v) is 7.22. The van der Waals surface area contributed by atoms with Crippen LogP contribution >= 0.6 is 0 Å². The minimum Gasteiger partial charge on any atom is -0.459 e. The smallest absolute Gasteiger partial charge is 0.332 e. The molecule has 0 radical (unpaired) electrons. The maximum absolute atomic E-state index is 12.7. The van der Waals surface area contributed by atoms with E-state index >= 15 is 0 Å². The Hall–Kier alpha value is -5.40. The largest absolute Gasteiger partial charge is 0.459 e. The summed E-state index contributed by atoms with van der Waals surface area (Å²) in [4.78, 5) is 50.2. The average molecular weight is 715 g/mol. The van der Waals surface area contributed by atoms with Crippen LogP contribution in [0.3, 0.4) is 0 Å². The topological polar surface area (TPSA) is 142 Å². The van der Waals surface area contributed by atoms with E-state index in [0.717, 1.165) is 22.3 Å². The van der Waals surface area contributed by atoms with Gasteiger partial charge in [0, 0.05) is 0 Å². The molecule has 4 rings (SSSR count). The number of hydrogen-bond donors (Lipinski definition) is 0. The second kappa shape index (κ2) is 23.1. The molecule has 4 aromatic carbocycles. The number of rotatable bonds is 23. The molecular weight excluding hydrogens is 672 g/mol. The van der Waals surface area contributed by atoms with Crippen LogP contribution in [0.4, 0.5) is 0 Å². The van der Waals surface area contributed by atoms with Gasteiger partial charge in [0.2, 0.25) is 0 Å². The van der Waals surface area contributed by atoms with Crippen molar-refractivity contribution in [1.29, 1.82) is 0 Å². The summed E-state index contributed by atoms with van der Waals surface area (Å²) in [7, 11) is 0. The summed E-state index contributed by atoms with van der Waals surface area (Å²) in [6.07, 6.45) is -2.15. The molecule has 0 fully saturated rings. The van der Waals surface area contributed by atoms with Crippen molar-refractivity contribution in [2.45, 2.75) is 38.6 Å². The van der Waals surface area contributed by atoms with Gasteiger partial charge in [-0.3, -0.25) is 0 Å². The lowest BCUT2D eigenvalue weighted by molar-refractivity contribution is -0.175. The minimum absolute atomic E-state index is 0.0266. The molecule has 0 saturated heterocycles. The van der Waals surface area contributed by atoms with E-state index in [2.05, 4.69) is 0 Å². The average Bonchev–Trinajstić information content (AvgIpc) is 3.19. The van der Waals surface area contributed by atoms with Gasteiger partial charge in [0.15, 0.2) is 0 Å². The quantitative estimate of drug-likeness (QED) is 0.0772. The molecule has 274 valence electrons. The number of esters is 4. The summed E-state index contributed by atoms with van der Waals surface area (Å²) in [5.41, 5.74) is 3.18. The standard InChI is InChI=1S/C40H42O12/c41-37(49-21-31-13-5-1-6-14-31)27-45-25-35(47-29-39(43)51-23-33-17-9-3-10-18-33)36(48-30-40(44)52-24-34-19-11-4-12-20-34)26-46-28-38(42)50-22-32-15-7-2-8-16-32/h1-20,35-36H,21-30H2. The van der Waals surface area contributed by atoms with E-state index in [0.29, 0.717) is 0 Å². The molecule has 4 aromatic rings. The van der Waals surface area contributed by atoms with Crippen LogP contribution in [-0.4, -0.2) is 75.7 Å². The second-order valence-electron chi connectivity index (χ2n) is 11.3. The van der Waals surface area contributed by atoms with Gasteiger partial charge < -0.3 is 37.9 Å². The molecule has 52 heavy (non-hydrogen) atoms. The lowest BCUT2D eigenvalue weighted by Crippen LogP contribution is -2.42. The van der Waals surface area contributed by atoms with Crippen LogP contribution in [0.5, 0.6) is 0 Å². The fourth-order valence-electron chi connectivity index (χ4n) is 4.51. The zero-order valence-electron chi connectivity index (χ0n) is 28.7. The van der Waals surface area contributed by atoms with Gasteiger partial charge in [-0.15, -0.1) is 0 Å². The van der Waals surface area contributed by atoms with Crippen LogP contribution in [0.15, 0.2) is 121 Å². The highest BCUT2D eigenvalue weighted by molar-refractivity contribution is 5.72. The highest BCUT2D eigenvalue weighted by atomic mass is 16.6. The third kappa shape index (κ3) is 16.1. The molecule has 0 aliphatic carbocycles. The normalized spacial score (nSPS) is 11.9. The SMILES string of the molecule is O=C(COCC(OCC(=O)OCc1ccccc1)C(COCC(=O)OCc1ccccc1)OCC(=O)OCc1ccccc1)OCc1ccccc1. The first-order chi connectivity index (χ1) is 25.4. The Morgan fingerprint density at radius 3 is 0.885 bits per heavy atom. The van der Waals surface area contributed by atoms with Gasteiger partial charge in [-0.05, 0) is 22.3 Å². The molecule has 0 amide bonds. The van der Waals surface area contributed by atoms with Crippen molar-refractivity contribution in [2.75, 3.05) is 39.6 Å². The van der Waals surface area contributed by atoms with E-state index in [1.165, 1.54) is 0 Å². The summed E-state index contributed by atoms with van der Waals surface area (Å²) < 4.78 is 44.2. The Labute approximate surface area is 302 Å². The first-order valence-corrected chi connectivity index (χ1v) is 16.6. The van der Waals surface area contributed by atoms with E-state index < -0.39 is 62.5 Å². The molecule has 0 bridgehead atoms. The maximum Gasteiger partial charge on any atom is 0.332 e. The summed E-state index contributed by atoms with van der Waals surface area (Å²) in [6, 6.07) is 36.5. The first-order valence-electron chi connectivity index (χ1n) is 16.6. The number of carbonyl (C=O) groups excluding carboxylic acids is 4. The Morgan fingerprint density at radius 1 is 0.365 bits per heavy atom. The van der Waals surface area contributed by atoms with Crippen molar-refractivity contribution in [1.82, 2.24) is 0 Å².